The minimum absolute atomic E-state index is 0.601. The van der Waals surface area contributed by atoms with Gasteiger partial charge in [-0.2, -0.15) is 5.10 Å². The summed E-state index contributed by atoms with van der Waals surface area (Å²) in [6.45, 7) is 2.11. The zero-order valence-electron chi connectivity index (χ0n) is 12.6. The molecule has 5 nitrogen and oxygen atoms in total. The number of hydrogen-bond acceptors (Lipinski definition) is 4. The zero-order valence-corrected chi connectivity index (χ0v) is 12.6. The van der Waals surface area contributed by atoms with Crippen LogP contribution in [0.5, 0.6) is 11.6 Å². The van der Waals surface area contributed by atoms with E-state index >= 15 is 0 Å². The third kappa shape index (κ3) is 2.87. The van der Waals surface area contributed by atoms with Crippen LogP contribution >= 0.6 is 0 Å². The average molecular weight is 274 g/mol. The lowest BCUT2D eigenvalue weighted by atomic mass is 10.2. The van der Waals surface area contributed by atoms with Gasteiger partial charge in [-0.05, 0) is 18.6 Å². The van der Waals surface area contributed by atoms with E-state index in [1.54, 1.807) is 4.68 Å². The van der Waals surface area contributed by atoms with Gasteiger partial charge in [0.05, 0.1) is 5.69 Å². The molecular formula is C15H22N4O. The van der Waals surface area contributed by atoms with Crippen molar-refractivity contribution in [2.24, 2.45) is 7.05 Å². The number of aromatic nitrogens is 2. The maximum Gasteiger partial charge on any atom is 0.241 e. The quantitative estimate of drug-likeness (QED) is 0.911. The summed E-state index contributed by atoms with van der Waals surface area (Å²) in [4.78, 5) is 2.03. The fraction of sp³-hybridized carbons (Fsp3) is 0.400. The molecule has 1 heterocycles. The summed E-state index contributed by atoms with van der Waals surface area (Å²) in [5, 5.41) is 4.41. The van der Waals surface area contributed by atoms with Crippen molar-refractivity contribution in [3.05, 3.63) is 30.0 Å². The number of hydrogen-bond donors (Lipinski definition) is 1. The van der Waals surface area contributed by atoms with Crippen LogP contribution in [0.25, 0.3) is 0 Å². The second kappa shape index (κ2) is 5.86. The molecule has 0 saturated carbocycles. The maximum absolute atomic E-state index is 6.12. The van der Waals surface area contributed by atoms with Crippen molar-refractivity contribution in [1.29, 1.82) is 0 Å². The van der Waals surface area contributed by atoms with Crippen molar-refractivity contribution in [3.8, 4) is 11.6 Å². The standard InChI is InChI=1S/C15H22N4O/c1-5-7-13-14(16)15(19(4)17-13)20-12-9-6-8-11(10-12)18(2)3/h6,8-10H,5,7,16H2,1-4H3. The predicted octanol–water partition coefficient (Wildman–Crippen LogP) is 2.81. The molecule has 0 spiro atoms. The molecule has 0 saturated heterocycles. The Morgan fingerprint density at radius 1 is 1.35 bits per heavy atom. The van der Waals surface area contributed by atoms with Crippen LogP contribution < -0.4 is 15.4 Å². The molecular weight excluding hydrogens is 252 g/mol. The number of nitrogen functional groups attached to an aromatic ring is 1. The number of anilines is 2. The summed E-state index contributed by atoms with van der Waals surface area (Å²) in [5.41, 5.74) is 8.72. The van der Waals surface area contributed by atoms with Crippen LogP contribution in [0.2, 0.25) is 0 Å². The highest BCUT2D eigenvalue weighted by Crippen LogP contribution is 2.31. The first-order valence-corrected chi connectivity index (χ1v) is 6.79. The predicted molar refractivity (Wildman–Crippen MR) is 82.5 cm³/mol. The first-order valence-electron chi connectivity index (χ1n) is 6.79. The van der Waals surface area contributed by atoms with Gasteiger partial charge in [-0.1, -0.05) is 19.4 Å². The van der Waals surface area contributed by atoms with Gasteiger partial charge in [0.2, 0.25) is 5.88 Å². The van der Waals surface area contributed by atoms with Gasteiger partial charge in [0.15, 0.2) is 0 Å². The van der Waals surface area contributed by atoms with E-state index < -0.39 is 0 Å². The van der Waals surface area contributed by atoms with E-state index in [1.165, 1.54) is 0 Å². The zero-order chi connectivity index (χ0) is 14.7. The lowest BCUT2D eigenvalue weighted by molar-refractivity contribution is 0.432. The Morgan fingerprint density at radius 2 is 2.10 bits per heavy atom. The molecule has 2 aromatic rings. The van der Waals surface area contributed by atoms with E-state index in [1.807, 2.05) is 50.3 Å². The van der Waals surface area contributed by atoms with Crippen LogP contribution in [-0.2, 0) is 13.5 Å². The monoisotopic (exact) mass is 274 g/mol. The van der Waals surface area contributed by atoms with Gasteiger partial charge >= 0.3 is 0 Å². The molecule has 0 aliphatic carbocycles. The highest BCUT2D eigenvalue weighted by atomic mass is 16.5. The number of nitrogens with zero attached hydrogens (tertiary/aromatic N) is 3. The van der Waals surface area contributed by atoms with Crippen molar-refractivity contribution >= 4 is 11.4 Å². The molecule has 1 aromatic heterocycles. The third-order valence-electron chi connectivity index (χ3n) is 3.14. The average Bonchev–Trinajstić information content (AvgIpc) is 2.67. The first kappa shape index (κ1) is 14.2. The van der Waals surface area contributed by atoms with E-state index in [9.17, 15) is 0 Å². The molecule has 5 heteroatoms. The summed E-state index contributed by atoms with van der Waals surface area (Å²) in [5.74, 6) is 1.36. The molecule has 2 N–H and O–H groups in total. The summed E-state index contributed by atoms with van der Waals surface area (Å²) in [6.07, 6.45) is 1.87. The van der Waals surface area contributed by atoms with Crippen LogP contribution in [0.15, 0.2) is 24.3 Å². The lowest BCUT2D eigenvalue weighted by Crippen LogP contribution is -2.08. The summed E-state index contributed by atoms with van der Waals surface area (Å²) >= 11 is 0. The Labute approximate surface area is 119 Å². The topological polar surface area (TPSA) is 56.3 Å². The molecule has 0 atom stereocenters. The van der Waals surface area contributed by atoms with Crippen LogP contribution in [0.1, 0.15) is 19.0 Å². The van der Waals surface area contributed by atoms with Gasteiger partial charge in [0.25, 0.3) is 0 Å². The van der Waals surface area contributed by atoms with Gasteiger partial charge in [-0.15, -0.1) is 0 Å². The second-order valence-corrected chi connectivity index (χ2v) is 5.03. The lowest BCUT2D eigenvalue weighted by Gasteiger charge is -2.14. The number of aryl methyl sites for hydroxylation is 2. The minimum Gasteiger partial charge on any atom is -0.437 e. The Kier molecular flexibility index (Phi) is 4.17. The van der Waals surface area contributed by atoms with E-state index in [4.69, 9.17) is 10.5 Å². The van der Waals surface area contributed by atoms with Crippen LogP contribution in [0.3, 0.4) is 0 Å². The molecule has 0 amide bonds. The second-order valence-electron chi connectivity index (χ2n) is 5.03. The normalized spacial score (nSPS) is 10.6. The number of ether oxygens (including phenoxy) is 1. The summed E-state index contributed by atoms with van der Waals surface area (Å²) < 4.78 is 7.60. The van der Waals surface area contributed by atoms with Crippen LogP contribution in [0, 0.1) is 0 Å². The van der Waals surface area contributed by atoms with Gasteiger partial charge < -0.3 is 15.4 Å². The molecule has 0 unspecified atom stereocenters. The number of nitrogens with two attached hydrogens (primary N) is 1. The van der Waals surface area contributed by atoms with Crippen molar-refractivity contribution < 1.29 is 4.74 Å². The molecule has 0 aliphatic rings. The summed E-state index contributed by atoms with van der Waals surface area (Å²) in [6, 6.07) is 7.89. The fourth-order valence-corrected chi connectivity index (χ4v) is 2.06. The molecule has 0 radical (unpaired) electrons. The number of benzene rings is 1. The Balaban J connectivity index is 2.28. The molecule has 20 heavy (non-hydrogen) atoms. The highest BCUT2D eigenvalue weighted by Gasteiger charge is 2.15. The molecule has 108 valence electrons. The Hall–Kier alpha value is -2.17. The minimum atomic E-state index is 0.601. The molecule has 2 rings (SSSR count). The molecule has 0 aliphatic heterocycles. The van der Waals surface area contributed by atoms with Crippen LogP contribution in [0.4, 0.5) is 11.4 Å². The fourth-order valence-electron chi connectivity index (χ4n) is 2.06. The molecule has 0 fully saturated rings. The molecule has 0 bridgehead atoms. The van der Waals surface area contributed by atoms with Gasteiger partial charge in [0, 0.05) is 32.9 Å². The van der Waals surface area contributed by atoms with E-state index in [0.717, 1.165) is 30.0 Å². The van der Waals surface area contributed by atoms with Gasteiger partial charge in [0.1, 0.15) is 11.4 Å². The van der Waals surface area contributed by atoms with Crippen LogP contribution in [-0.4, -0.2) is 23.9 Å². The maximum atomic E-state index is 6.12. The van der Waals surface area contributed by atoms with Gasteiger partial charge in [-0.3, -0.25) is 0 Å². The number of rotatable bonds is 5. The largest absolute Gasteiger partial charge is 0.437 e. The van der Waals surface area contributed by atoms with Crippen molar-refractivity contribution in [1.82, 2.24) is 9.78 Å². The third-order valence-corrected chi connectivity index (χ3v) is 3.14. The smallest absolute Gasteiger partial charge is 0.241 e. The van der Waals surface area contributed by atoms with Gasteiger partial charge in [-0.25, -0.2) is 4.68 Å². The van der Waals surface area contributed by atoms with Crippen molar-refractivity contribution in [3.63, 3.8) is 0 Å². The van der Waals surface area contributed by atoms with E-state index in [0.29, 0.717) is 11.6 Å². The van der Waals surface area contributed by atoms with E-state index in [2.05, 4.69) is 12.0 Å². The van der Waals surface area contributed by atoms with Crippen molar-refractivity contribution in [2.45, 2.75) is 19.8 Å². The van der Waals surface area contributed by atoms with Crippen molar-refractivity contribution in [2.75, 3.05) is 24.7 Å². The highest BCUT2D eigenvalue weighted by molar-refractivity contribution is 5.56. The van der Waals surface area contributed by atoms with E-state index in [-0.39, 0.29) is 0 Å². The first-order chi connectivity index (χ1) is 9.52. The Morgan fingerprint density at radius 3 is 2.75 bits per heavy atom. The molecule has 1 aromatic carbocycles. The Bertz CT molecular complexity index is 590. The SMILES string of the molecule is CCCc1nn(C)c(Oc2cccc(N(C)C)c2)c1N. The summed E-state index contributed by atoms with van der Waals surface area (Å²) in [7, 11) is 5.84.